The smallest absolute Gasteiger partial charge is 0.239 e. The Bertz CT molecular complexity index is 331. The zero-order valence-electron chi connectivity index (χ0n) is 7.94. The molecular formula is C8H12N6. The molecule has 0 saturated carbocycles. The summed E-state index contributed by atoms with van der Waals surface area (Å²) in [4.78, 5) is 9.86. The Hall–Kier alpha value is -1.87. The molecule has 1 rings (SSSR count). The lowest BCUT2D eigenvalue weighted by Gasteiger charge is -2.16. The van der Waals surface area contributed by atoms with Gasteiger partial charge in [0.15, 0.2) is 0 Å². The number of nitrogens with one attached hydrogen (secondary N) is 1. The van der Waals surface area contributed by atoms with E-state index in [1.54, 1.807) is 12.3 Å². The van der Waals surface area contributed by atoms with Crippen LogP contribution in [0.3, 0.4) is 0 Å². The van der Waals surface area contributed by atoms with Crippen molar-refractivity contribution >= 4 is 11.8 Å². The summed E-state index contributed by atoms with van der Waals surface area (Å²) >= 11 is 0. The summed E-state index contributed by atoms with van der Waals surface area (Å²) in [6.45, 7) is 0.636. The molecule has 0 unspecified atom stereocenters. The second kappa shape index (κ2) is 4.99. The topological polar surface area (TPSA) is 90.9 Å². The standard InChI is InChI=1S/C8H12N6/c1-14(6-2-4-9)7-3-5-11-8(12-7)13-10/h3,5H,2,6,10H2,1H3,(H,11,12,13). The fourth-order valence-corrected chi connectivity index (χ4v) is 0.964. The Balaban J connectivity index is 2.70. The monoisotopic (exact) mass is 192 g/mol. The fourth-order valence-electron chi connectivity index (χ4n) is 0.964. The maximum absolute atomic E-state index is 8.42. The van der Waals surface area contributed by atoms with E-state index in [-0.39, 0.29) is 0 Å². The van der Waals surface area contributed by atoms with Gasteiger partial charge in [0.05, 0.1) is 12.5 Å². The minimum atomic E-state index is 0.367. The van der Waals surface area contributed by atoms with E-state index < -0.39 is 0 Å². The van der Waals surface area contributed by atoms with Gasteiger partial charge in [0.2, 0.25) is 5.95 Å². The number of hydrogen-bond donors (Lipinski definition) is 2. The lowest BCUT2D eigenvalue weighted by Crippen LogP contribution is -2.20. The van der Waals surface area contributed by atoms with Gasteiger partial charge >= 0.3 is 0 Å². The van der Waals surface area contributed by atoms with E-state index in [4.69, 9.17) is 11.1 Å². The maximum atomic E-state index is 8.42. The molecule has 0 aliphatic rings. The highest BCUT2D eigenvalue weighted by Crippen LogP contribution is 2.09. The van der Waals surface area contributed by atoms with Crippen LogP contribution in [0.25, 0.3) is 0 Å². The van der Waals surface area contributed by atoms with Crippen LogP contribution >= 0.6 is 0 Å². The number of nitrogens with zero attached hydrogens (tertiary/aromatic N) is 4. The molecular weight excluding hydrogens is 180 g/mol. The van der Waals surface area contributed by atoms with Gasteiger partial charge in [-0.25, -0.2) is 10.8 Å². The van der Waals surface area contributed by atoms with Gasteiger partial charge in [-0.2, -0.15) is 10.2 Å². The summed E-state index contributed by atoms with van der Waals surface area (Å²) < 4.78 is 0. The van der Waals surface area contributed by atoms with Crippen LogP contribution in [0.1, 0.15) is 6.42 Å². The van der Waals surface area contributed by atoms with Gasteiger partial charge in [0, 0.05) is 19.8 Å². The van der Waals surface area contributed by atoms with Crippen molar-refractivity contribution in [2.75, 3.05) is 23.9 Å². The summed E-state index contributed by atoms with van der Waals surface area (Å²) in [5.41, 5.74) is 2.36. The third-order valence-electron chi connectivity index (χ3n) is 1.72. The van der Waals surface area contributed by atoms with Gasteiger partial charge in [-0.15, -0.1) is 0 Å². The number of rotatable bonds is 4. The average Bonchev–Trinajstić information content (AvgIpc) is 2.26. The Kier molecular flexibility index (Phi) is 3.64. The quantitative estimate of drug-likeness (QED) is 0.519. The second-order valence-electron chi connectivity index (χ2n) is 2.71. The maximum Gasteiger partial charge on any atom is 0.239 e. The van der Waals surface area contributed by atoms with Gasteiger partial charge < -0.3 is 4.90 Å². The van der Waals surface area contributed by atoms with E-state index in [0.29, 0.717) is 18.9 Å². The normalized spacial score (nSPS) is 9.21. The van der Waals surface area contributed by atoms with Crippen molar-refractivity contribution in [1.29, 1.82) is 5.26 Å². The van der Waals surface area contributed by atoms with Crippen LogP contribution in [0.4, 0.5) is 11.8 Å². The van der Waals surface area contributed by atoms with Crippen LogP contribution in [-0.2, 0) is 0 Å². The van der Waals surface area contributed by atoms with Crippen LogP contribution in [0.5, 0.6) is 0 Å². The first-order valence-electron chi connectivity index (χ1n) is 4.15. The van der Waals surface area contributed by atoms with Crippen LogP contribution in [0.15, 0.2) is 12.3 Å². The largest absolute Gasteiger partial charge is 0.358 e. The highest BCUT2D eigenvalue weighted by Gasteiger charge is 2.02. The lowest BCUT2D eigenvalue weighted by atomic mass is 10.4. The highest BCUT2D eigenvalue weighted by atomic mass is 15.3. The predicted molar refractivity (Wildman–Crippen MR) is 53.3 cm³/mol. The summed E-state index contributed by atoms with van der Waals surface area (Å²) in [7, 11) is 1.86. The number of hydrogen-bond acceptors (Lipinski definition) is 6. The molecule has 0 aromatic carbocycles. The first kappa shape index (κ1) is 10.2. The zero-order chi connectivity index (χ0) is 10.4. The van der Waals surface area contributed by atoms with Crippen molar-refractivity contribution in [3.8, 4) is 6.07 Å². The molecule has 6 heteroatoms. The molecule has 14 heavy (non-hydrogen) atoms. The van der Waals surface area contributed by atoms with E-state index in [1.165, 1.54) is 0 Å². The molecule has 3 N–H and O–H groups in total. The Labute approximate surface area is 82.3 Å². The molecule has 1 aromatic rings. The van der Waals surface area contributed by atoms with Crippen molar-refractivity contribution in [2.24, 2.45) is 5.84 Å². The first-order chi connectivity index (χ1) is 6.77. The number of hydrazine groups is 1. The van der Waals surface area contributed by atoms with Crippen molar-refractivity contribution in [3.05, 3.63) is 12.3 Å². The van der Waals surface area contributed by atoms with Gasteiger partial charge in [-0.05, 0) is 6.07 Å². The third-order valence-corrected chi connectivity index (χ3v) is 1.72. The van der Waals surface area contributed by atoms with Gasteiger partial charge in [0.25, 0.3) is 0 Å². The number of nitrogens with two attached hydrogens (primary N) is 1. The molecule has 0 saturated heterocycles. The zero-order valence-corrected chi connectivity index (χ0v) is 7.94. The summed E-state index contributed by atoms with van der Waals surface area (Å²) in [5.74, 6) is 6.28. The summed E-state index contributed by atoms with van der Waals surface area (Å²) in [6.07, 6.45) is 2.08. The molecule has 6 nitrogen and oxygen atoms in total. The fraction of sp³-hybridized carbons (Fsp3) is 0.375. The van der Waals surface area contributed by atoms with E-state index in [9.17, 15) is 0 Å². The molecule has 0 aliphatic heterocycles. The van der Waals surface area contributed by atoms with E-state index in [2.05, 4.69) is 21.5 Å². The summed E-state index contributed by atoms with van der Waals surface area (Å²) in [6, 6.07) is 3.83. The molecule has 1 aromatic heterocycles. The molecule has 0 amide bonds. The van der Waals surface area contributed by atoms with Crippen molar-refractivity contribution in [1.82, 2.24) is 9.97 Å². The van der Waals surface area contributed by atoms with Gasteiger partial charge in [0.1, 0.15) is 5.82 Å². The first-order valence-corrected chi connectivity index (χ1v) is 4.15. The van der Waals surface area contributed by atoms with Crippen LogP contribution in [0, 0.1) is 11.3 Å². The molecule has 0 spiro atoms. The van der Waals surface area contributed by atoms with E-state index in [1.807, 2.05) is 11.9 Å². The number of nitrogen functional groups attached to an aromatic ring is 1. The number of anilines is 2. The number of aromatic nitrogens is 2. The molecule has 74 valence electrons. The molecule has 0 aliphatic carbocycles. The van der Waals surface area contributed by atoms with Crippen LogP contribution < -0.4 is 16.2 Å². The average molecular weight is 192 g/mol. The second-order valence-corrected chi connectivity index (χ2v) is 2.71. The molecule has 0 radical (unpaired) electrons. The van der Waals surface area contributed by atoms with E-state index >= 15 is 0 Å². The lowest BCUT2D eigenvalue weighted by molar-refractivity contribution is 0.879. The minimum Gasteiger partial charge on any atom is -0.358 e. The van der Waals surface area contributed by atoms with Crippen LogP contribution in [0.2, 0.25) is 0 Å². The molecule has 1 heterocycles. The Morgan fingerprint density at radius 1 is 1.71 bits per heavy atom. The van der Waals surface area contributed by atoms with Gasteiger partial charge in [-0.1, -0.05) is 0 Å². The SMILES string of the molecule is CN(CCC#N)c1ccnc(NN)n1. The van der Waals surface area contributed by atoms with Crippen LogP contribution in [-0.4, -0.2) is 23.6 Å². The molecule has 0 fully saturated rings. The summed E-state index contributed by atoms with van der Waals surface area (Å²) in [5, 5.41) is 8.42. The Morgan fingerprint density at radius 3 is 3.14 bits per heavy atom. The number of nitriles is 1. The Morgan fingerprint density at radius 2 is 2.50 bits per heavy atom. The van der Waals surface area contributed by atoms with Crippen molar-refractivity contribution < 1.29 is 0 Å². The molecule has 0 bridgehead atoms. The third kappa shape index (κ3) is 2.57. The minimum absolute atomic E-state index is 0.367. The van der Waals surface area contributed by atoms with E-state index in [0.717, 1.165) is 5.82 Å². The predicted octanol–water partition coefficient (Wildman–Crippen LogP) is 0.112. The van der Waals surface area contributed by atoms with Crippen molar-refractivity contribution in [2.45, 2.75) is 6.42 Å². The molecule has 0 atom stereocenters. The van der Waals surface area contributed by atoms with Crippen molar-refractivity contribution in [3.63, 3.8) is 0 Å². The highest BCUT2D eigenvalue weighted by molar-refractivity contribution is 5.41. The van der Waals surface area contributed by atoms with Gasteiger partial charge in [-0.3, -0.25) is 5.43 Å².